The van der Waals surface area contributed by atoms with E-state index >= 15 is 0 Å². The number of rotatable bonds is 3. The summed E-state index contributed by atoms with van der Waals surface area (Å²) in [4.78, 5) is 22.6. The largest absolute Gasteiger partial charge is 0.348 e. The van der Waals surface area contributed by atoms with E-state index in [9.17, 15) is 4.79 Å². The van der Waals surface area contributed by atoms with Crippen LogP contribution in [0.5, 0.6) is 0 Å². The van der Waals surface area contributed by atoms with Gasteiger partial charge in [-0.15, -0.1) is 5.10 Å². The van der Waals surface area contributed by atoms with Crippen LogP contribution in [0.2, 0.25) is 10.0 Å². The molecule has 140 valence electrons. The zero-order valence-corrected chi connectivity index (χ0v) is 16.2. The van der Waals surface area contributed by atoms with Crippen molar-refractivity contribution in [3.63, 3.8) is 0 Å². The van der Waals surface area contributed by atoms with Crippen LogP contribution in [0.15, 0.2) is 29.1 Å². The van der Waals surface area contributed by atoms with Gasteiger partial charge in [-0.25, -0.2) is 9.78 Å². The van der Waals surface area contributed by atoms with Gasteiger partial charge in [0.05, 0.1) is 10.7 Å². The van der Waals surface area contributed by atoms with Crippen LogP contribution < -0.4 is 5.69 Å². The number of hydrogen-bond acceptors (Lipinski definition) is 4. The van der Waals surface area contributed by atoms with Gasteiger partial charge >= 0.3 is 5.69 Å². The molecular weight excluding hydrogens is 385 g/mol. The number of likely N-dealkylation sites (tertiary alicyclic amines) is 1. The van der Waals surface area contributed by atoms with Crippen molar-refractivity contribution in [2.45, 2.75) is 37.6 Å². The van der Waals surface area contributed by atoms with Crippen LogP contribution in [0.3, 0.4) is 0 Å². The minimum atomic E-state index is -0.317. The number of halogens is 2. The van der Waals surface area contributed by atoms with Crippen LogP contribution in [-0.2, 0) is 0 Å². The molecule has 0 bridgehead atoms. The van der Waals surface area contributed by atoms with Gasteiger partial charge in [-0.05, 0) is 57.0 Å². The lowest BCUT2D eigenvalue weighted by Gasteiger charge is -2.30. The van der Waals surface area contributed by atoms with E-state index in [1.807, 2.05) is 6.07 Å². The maximum Gasteiger partial charge on any atom is 0.348 e. The molecule has 0 spiro atoms. The molecular formula is C19H19Cl2N5O. The lowest BCUT2D eigenvalue weighted by Crippen LogP contribution is -2.34. The molecule has 0 radical (unpaired) electrons. The highest BCUT2D eigenvalue weighted by Gasteiger charge is 2.33. The Morgan fingerprint density at radius 2 is 1.85 bits per heavy atom. The van der Waals surface area contributed by atoms with Crippen molar-refractivity contribution in [2.24, 2.45) is 0 Å². The highest BCUT2D eigenvalue weighted by atomic mass is 35.5. The molecule has 0 amide bonds. The van der Waals surface area contributed by atoms with Crippen molar-refractivity contribution < 1.29 is 0 Å². The van der Waals surface area contributed by atoms with Gasteiger partial charge in [0.1, 0.15) is 0 Å². The Labute approximate surface area is 166 Å². The van der Waals surface area contributed by atoms with Crippen LogP contribution in [0, 0.1) is 0 Å². The van der Waals surface area contributed by atoms with Gasteiger partial charge in [-0.1, -0.05) is 23.2 Å². The average molecular weight is 404 g/mol. The molecule has 1 saturated heterocycles. The van der Waals surface area contributed by atoms with Crippen molar-refractivity contribution in [1.29, 1.82) is 0 Å². The third-order valence-corrected chi connectivity index (χ3v) is 6.08. The molecule has 27 heavy (non-hydrogen) atoms. The third kappa shape index (κ3) is 3.26. The molecule has 6 nitrogen and oxygen atoms in total. The van der Waals surface area contributed by atoms with Gasteiger partial charge in [0.2, 0.25) is 0 Å². The Balaban J connectivity index is 1.47. The first kappa shape index (κ1) is 17.2. The second-order valence-corrected chi connectivity index (χ2v) is 8.24. The molecule has 1 aliphatic heterocycles. The van der Waals surface area contributed by atoms with Crippen molar-refractivity contribution in [3.8, 4) is 11.3 Å². The van der Waals surface area contributed by atoms with Crippen LogP contribution in [-0.4, -0.2) is 43.6 Å². The van der Waals surface area contributed by atoms with Gasteiger partial charge in [0, 0.05) is 28.6 Å². The Hall–Kier alpha value is -1.89. The maximum atomic E-state index is 12.5. The molecule has 0 unspecified atom stereocenters. The Bertz CT molecular complexity index is 1060. The number of nitrogens with one attached hydrogen (secondary N) is 1. The van der Waals surface area contributed by atoms with Crippen LogP contribution in [0.25, 0.3) is 16.9 Å². The molecule has 8 heteroatoms. The molecule has 1 N–H and O–H groups in total. The van der Waals surface area contributed by atoms with E-state index in [0.717, 1.165) is 37.8 Å². The lowest BCUT2D eigenvalue weighted by molar-refractivity contribution is 0.200. The highest BCUT2D eigenvalue weighted by molar-refractivity contribution is 6.36. The first-order chi connectivity index (χ1) is 13.1. The van der Waals surface area contributed by atoms with Gasteiger partial charge in [-0.3, -0.25) is 0 Å². The van der Waals surface area contributed by atoms with Gasteiger partial charge in [0.25, 0.3) is 0 Å². The Morgan fingerprint density at radius 1 is 1.07 bits per heavy atom. The SMILES string of the molecule is O=c1[nH]c(-c2ccc(Cl)cc2Cl)cc2nc(C3CCN(C4CC4)CC3)nn12. The minimum absolute atomic E-state index is 0.307. The highest BCUT2D eigenvalue weighted by Crippen LogP contribution is 2.34. The molecule has 1 saturated carbocycles. The van der Waals surface area contributed by atoms with Crippen molar-refractivity contribution in [1.82, 2.24) is 24.5 Å². The second-order valence-electron chi connectivity index (χ2n) is 7.39. The summed E-state index contributed by atoms with van der Waals surface area (Å²) >= 11 is 12.3. The Morgan fingerprint density at radius 3 is 2.56 bits per heavy atom. The summed E-state index contributed by atoms with van der Waals surface area (Å²) in [6, 6.07) is 7.80. The number of nitrogens with zero attached hydrogens (tertiary/aromatic N) is 4. The fraction of sp³-hybridized carbons (Fsp3) is 0.421. The van der Waals surface area contributed by atoms with E-state index in [2.05, 4.69) is 20.0 Å². The fourth-order valence-corrected chi connectivity index (χ4v) is 4.42. The molecule has 2 aliphatic rings. The van der Waals surface area contributed by atoms with Gasteiger partial charge in [0.15, 0.2) is 11.5 Å². The normalized spacial score (nSPS) is 19.0. The first-order valence-corrected chi connectivity index (χ1v) is 10.0. The van der Waals surface area contributed by atoms with Crippen LogP contribution >= 0.6 is 23.2 Å². The molecule has 1 aliphatic carbocycles. The van der Waals surface area contributed by atoms with Crippen molar-refractivity contribution >= 4 is 28.8 Å². The van der Waals surface area contributed by atoms with Gasteiger partial charge < -0.3 is 9.88 Å². The van der Waals surface area contributed by atoms with Crippen molar-refractivity contribution in [3.05, 3.63) is 50.6 Å². The lowest BCUT2D eigenvalue weighted by atomic mass is 9.96. The number of aromatic nitrogens is 4. The molecule has 0 atom stereocenters. The summed E-state index contributed by atoms with van der Waals surface area (Å²) < 4.78 is 1.34. The molecule has 2 aromatic heterocycles. The molecule has 1 aromatic carbocycles. The monoisotopic (exact) mass is 403 g/mol. The number of fused-ring (bicyclic) bond motifs is 1. The molecule has 3 aromatic rings. The molecule has 5 rings (SSSR count). The summed E-state index contributed by atoms with van der Waals surface area (Å²) in [5.74, 6) is 1.07. The number of hydrogen-bond donors (Lipinski definition) is 1. The number of benzene rings is 1. The number of H-pyrrole nitrogens is 1. The summed E-state index contributed by atoms with van der Waals surface area (Å²) in [6.07, 6.45) is 4.76. The standard InChI is InChI=1S/C19H19Cl2N5O/c20-12-1-4-14(15(21)9-12)16-10-17-23-18(24-26(17)19(27)22-16)11-5-7-25(8-6-11)13-2-3-13/h1,4,9-11,13H,2-3,5-8H2,(H,22,27). The summed E-state index contributed by atoms with van der Waals surface area (Å²) in [7, 11) is 0. The number of aromatic amines is 1. The first-order valence-electron chi connectivity index (χ1n) is 9.28. The smallest absolute Gasteiger partial charge is 0.305 e. The van der Waals surface area contributed by atoms with E-state index < -0.39 is 0 Å². The second kappa shape index (κ2) is 6.62. The van der Waals surface area contributed by atoms with Crippen LogP contribution in [0.4, 0.5) is 0 Å². The summed E-state index contributed by atoms with van der Waals surface area (Å²) in [5.41, 5.74) is 1.54. The van der Waals surface area contributed by atoms with Gasteiger partial charge in [-0.2, -0.15) is 4.52 Å². The van der Waals surface area contributed by atoms with E-state index in [1.165, 1.54) is 17.4 Å². The van der Waals surface area contributed by atoms with E-state index in [1.54, 1.807) is 18.2 Å². The Kier molecular flexibility index (Phi) is 4.22. The number of piperidine rings is 1. The minimum Gasteiger partial charge on any atom is -0.305 e. The molecule has 2 fully saturated rings. The zero-order chi connectivity index (χ0) is 18.5. The predicted octanol–water partition coefficient (Wildman–Crippen LogP) is 3.73. The van der Waals surface area contributed by atoms with E-state index in [-0.39, 0.29) is 5.69 Å². The van der Waals surface area contributed by atoms with E-state index in [0.29, 0.717) is 32.9 Å². The van der Waals surface area contributed by atoms with Crippen LogP contribution in [0.1, 0.15) is 37.4 Å². The fourth-order valence-electron chi connectivity index (χ4n) is 3.91. The third-order valence-electron chi connectivity index (χ3n) is 5.54. The summed E-state index contributed by atoms with van der Waals surface area (Å²) in [6.45, 7) is 2.18. The maximum absolute atomic E-state index is 12.5. The van der Waals surface area contributed by atoms with Crippen molar-refractivity contribution in [2.75, 3.05) is 13.1 Å². The predicted molar refractivity (Wildman–Crippen MR) is 106 cm³/mol. The molecule has 3 heterocycles. The average Bonchev–Trinajstić information content (AvgIpc) is 3.41. The summed E-state index contributed by atoms with van der Waals surface area (Å²) in [5, 5.41) is 5.51. The zero-order valence-electron chi connectivity index (χ0n) is 14.7. The van der Waals surface area contributed by atoms with E-state index in [4.69, 9.17) is 23.2 Å². The topological polar surface area (TPSA) is 66.3 Å². The quantitative estimate of drug-likeness (QED) is 0.723.